The first-order valence-electron chi connectivity index (χ1n) is 9.63. The zero-order chi connectivity index (χ0) is 18.4. The Morgan fingerprint density at radius 1 is 0.920 bits per heavy atom. The molecule has 0 spiro atoms. The number of H-pyrrole nitrogens is 1. The molecule has 0 unspecified atom stereocenters. The van der Waals surface area contributed by atoms with E-state index in [1.54, 1.807) is 0 Å². The van der Waals surface area contributed by atoms with E-state index in [1.807, 2.05) is 0 Å². The molecular weight excluding hydrogens is 320 g/mol. The number of benzene rings is 1. The summed E-state index contributed by atoms with van der Waals surface area (Å²) in [6, 6.07) is 10.00. The molecule has 0 aliphatic carbocycles. The average Bonchev–Trinajstić information content (AvgIpc) is 3.00. The van der Waals surface area contributed by atoms with Crippen LogP contribution in [0.2, 0.25) is 16.6 Å². The van der Waals surface area contributed by atoms with Crippen LogP contribution in [0.4, 0.5) is 0 Å². The lowest BCUT2D eigenvalue weighted by molar-refractivity contribution is 0.794. The number of fused-ring (bicyclic) bond motifs is 3. The van der Waals surface area contributed by atoms with Gasteiger partial charge in [0.05, 0.1) is 24.8 Å². The maximum Gasteiger partial charge on any atom is 0.0715 e. The summed E-state index contributed by atoms with van der Waals surface area (Å²) in [6.45, 7) is 16.8. The van der Waals surface area contributed by atoms with Crippen LogP contribution in [-0.2, 0) is 6.04 Å². The summed E-state index contributed by atoms with van der Waals surface area (Å²) in [5, 5.41) is 2.58. The molecule has 0 fully saturated rings. The molecule has 2 heterocycles. The number of nitrogens with one attached hydrogen (secondary N) is 1. The second-order valence-corrected chi connectivity index (χ2v) is 14.6. The van der Waals surface area contributed by atoms with Crippen molar-refractivity contribution in [1.29, 1.82) is 0 Å². The summed E-state index contributed by atoms with van der Waals surface area (Å²) < 4.78 is 0. The van der Waals surface area contributed by atoms with E-state index in [4.69, 9.17) is 4.98 Å². The van der Waals surface area contributed by atoms with E-state index in [0.717, 1.165) is 28.2 Å². The van der Waals surface area contributed by atoms with E-state index in [1.165, 1.54) is 27.5 Å². The topological polar surface area (TPSA) is 28.7 Å². The monoisotopic (exact) mass is 352 g/mol. The van der Waals surface area contributed by atoms with Gasteiger partial charge in [-0.15, -0.1) is 0 Å². The number of nitrogens with zero attached hydrogens (tertiary/aromatic N) is 1. The van der Waals surface area contributed by atoms with Crippen molar-refractivity contribution in [3.05, 3.63) is 41.7 Å². The van der Waals surface area contributed by atoms with Gasteiger partial charge in [-0.05, 0) is 30.7 Å². The van der Waals surface area contributed by atoms with E-state index >= 15 is 0 Å². The van der Waals surface area contributed by atoms with Gasteiger partial charge in [-0.3, -0.25) is 4.98 Å². The van der Waals surface area contributed by atoms with E-state index in [2.05, 4.69) is 83.9 Å². The highest BCUT2D eigenvalue weighted by molar-refractivity contribution is 6.83. The van der Waals surface area contributed by atoms with Gasteiger partial charge >= 0.3 is 0 Å². The lowest BCUT2D eigenvalue weighted by atomic mass is 10.1. The third-order valence-corrected chi connectivity index (χ3v) is 13.8. The minimum atomic E-state index is -1.54. The lowest BCUT2D eigenvalue weighted by Crippen LogP contribution is -2.47. The Morgan fingerprint density at radius 3 is 2.16 bits per heavy atom. The van der Waals surface area contributed by atoms with Crippen molar-refractivity contribution < 1.29 is 0 Å². The van der Waals surface area contributed by atoms with Gasteiger partial charge in [0, 0.05) is 17.0 Å². The summed E-state index contributed by atoms with van der Waals surface area (Å²) in [5.74, 6) is 0. The molecule has 0 atom stereocenters. The van der Waals surface area contributed by atoms with Crippen LogP contribution < -0.4 is 0 Å². The fourth-order valence-electron chi connectivity index (χ4n) is 5.03. The number of hydrogen-bond acceptors (Lipinski definition) is 1. The van der Waals surface area contributed by atoms with Crippen LogP contribution in [0.1, 0.15) is 52.8 Å². The van der Waals surface area contributed by atoms with Crippen molar-refractivity contribution >= 4 is 29.9 Å². The highest BCUT2D eigenvalue weighted by Gasteiger charge is 2.43. The number of aromatic amines is 1. The predicted octanol–water partition coefficient (Wildman–Crippen LogP) is 6.79. The molecular formula is C22H32N2Si. The largest absolute Gasteiger partial charge is 0.360 e. The van der Waals surface area contributed by atoms with Gasteiger partial charge in [0.2, 0.25) is 0 Å². The minimum absolute atomic E-state index is 0.743. The van der Waals surface area contributed by atoms with E-state index in [-0.39, 0.29) is 0 Å². The first-order chi connectivity index (χ1) is 11.8. The fourth-order valence-corrected chi connectivity index (χ4v) is 11.1. The molecule has 0 saturated heterocycles. The molecule has 3 aromatic rings. The number of aryl methyl sites for hydroxylation is 1. The molecule has 3 heteroatoms. The van der Waals surface area contributed by atoms with Gasteiger partial charge in [0.25, 0.3) is 0 Å². The van der Waals surface area contributed by atoms with Crippen LogP contribution in [0.25, 0.3) is 21.8 Å². The highest BCUT2D eigenvalue weighted by atomic mass is 28.3. The predicted molar refractivity (Wildman–Crippen MR) is 113 cm³/mol. The van der Waals surface area contributed by atoms with Crippen LogP contribution >= 0.6 is 0 Å². The summed E-state index contributed by atoms with van der Waals surface area (Å²) >= 11 is 0. The molecule has 0 bridgehead atoms. The lowest BCUT2D eigenvalue weighted by Gasteiger charge is -2.43. The highest BCUT2D eigenvalue weighted by Crippen LogP contribution is 2.44. The Bertz CT molecular complexity index is 868. The van der Waals surface area contributed by atoms with Crippen LogP contribution in [-0.4, -0.2) is 18.0 Å². The molecule has 0 aliphatic rings. The van der Waals surface area contributed by atoms with E-state index < -0.39 is 8.07 Å². The maximum absolute atomic E-state index is 5.17. The van der Waals surface area contributed by atoms with Gasteiger partial charge in [0.1, 0.15) is 0 Å². The third-order valence-electron chi connectivity index (χ3n) is 6.43. The first-order valence-corrected chi connectivity index (χ1v) is 12.1. The SMILES string of the molecule is Cc1ccc2c(c1)nc(C[Si](C(C)C)(C(C)C)C(C)C)c1[nH]ccc12. The molecule has 0 saturated carbocycles. The van der Waals surface area contributed by atoms with Gasteiger partial charge in [-0.25, -0.2) is 0 Å². The summed E-state index contributed by atoms with van der Waals surface area (Å²) in [7, 11) is -1.54. The number of hydrogen-bond donors (Lipinski definition) is 1. The van der Waals surface area contributed by atoms with Gasteiger partial charge < -0.3 is 4.98 Å². The molecule has 0 radical (unpaired) electrons. The van der Waals surface area contributed by atoms with Gasteiger partial charge in [-0.1, -0.05) is 70.3 Å². The molecule has 1 aromatic carbocycles. The molecule has 134 valence electrons. The summed E-state index contributed by atoms with van der Waals surface area (Å²) in [6.07, 6.45) is 2.07. The van der Waals surface area contributed by atoms with Crippen LogP contribution in [0.3, 0.4) is 0 Å². The Kier molecular flexibility index (Phi) is 4.80. The first kappa shape index (κ1) is 18.2. The average molecular weight is 353 g/mol. The van der Waals surface area contributed by atoms with Crippen molar-refractivity contribution in [3.63, 3.8) is 0 Å². The second-order valence-electron chi connectivity index (χ2n) is 8.60. The quantitative estimate of drug-likeness (QED) is 0.503. The molecule has 0 amide bonds. The summed E-state index contributed by atoms with van der Waals surface area (Å²) in [5.41, 5.74) is 7.17. The molecule has 0 aliphatic heterocycles. The fraction of sp³-hybridized carbons (Fsp3) is 0.500. The number of pyridine rings is 1. The van der Waals surface area contributed by atoms with Crippen LogP contribution in [0.5, 0.6) is 0 Å². The molecule has 2 nitrogen and oxygen atoms in total. The Balaban J connectivity index is 2.24. The molecule has 2 aromatic heterocycles. The maximum atomic E-state index is 5.17. The van der Waals surface area contributed by atoms with Gasteiger partial charge in [-0.2, -0.15) is 0 Å². The Hall–Kier alpha value is -1.61. The normalized spacial score (nSPS) is 13.0. The van der Waals surface area contributed by atoms with Crippen molar-refractivity contribution in [2.45, 2.75) is 71.1 Å². The van der Waals surface area contributed by atoms with E-state index in [9.17, 15) is 0 Å². The van der Waals surface area contributed by atoms with Crippen molar-refractivity contribution in [1.82, 2.24) is 9.97 Å². The number of rotatable bonds is 5. The standard InChI is InChI=1S/C22H32N2Si/c1-14(2)25(15(3)4,16(5)6)13-21-22-19(10-11-23-22)18-9-8-17(7)12-20(18)24-21/h8-12,14-16,23H,13H2,1-7H3. The Labute approximate surface area is 153 Å². The van der Waals surface area contributed by atoms with Crippen molar-refractivity contribution in [2.24, 2.45) is 0 Å². The van der Waals surface area contributed by atoms with Gasteiger partial charge in [0.15, 0.2) is 0 Å². The van der Waals surface area contributed by atoms with E-state index in [0.29, 0.717) is 0 Å². The van der Waals surface area contributed by atoms with Crippen LogP contribution in [0.15, 0.2) is 30.5 Å². The number of aromatic nitrogens is 2. The zero-order valence-electron chi connectivity index (χ0n) is 16.8. The summed E-state index contributed by atoms with van der Waals surface area (Å²) in [4.78, 5) is 8.67. The molecule has 1 N–H and O–H groups in total. The second kappa shape index (κ2) is 6.60. The van der Waals surface area contributed by atoms with Crippen molar-refractivity contribution in [3.8, 4) is 0 Å². The molecule has 3 rings (SSSR count). The molecule has 25 heavy (non-hydrogen) atoms. The Morgan fingerprint density at radius 2 is 1.56 bits per heavy atom. The minimum Gasteiger partial charge on any atom is -0.360 e. The zero-order valence-corrected chi connectivity index (χ0v) is 17.8. The van der Waals surface area contributed by atoms with Crippen LogP contribution in [0, 0.1) is 6.92 Å². The smallest absolute Gasteiger partial charge is 0.0715 e. The third kappa shape index (κ3) is 2.93. The van der Waals surface area contributed by atoms with Crippen molar-refractivity contribution in [2.75, 3.05) is 0 Å².